The van der Waals surface area contributed by atoms with Gasteiger partial charge in [0.25, 0.3) is 0 Å². The number of fused-ring (bicyclic) bond motifs is 1. The zero-order valence-corrected chi connectivity index (χ0v) is 12.4. The number of alkyl halides is 1. The standard InChI is InChI=1S/C12H13BrClN3O/c1-7(12(18)15-2)17-10-5-8(13)3-4-9(10)16-11(17)6-14/h3-5,7H,6H2,1-2H3,(H,15,18). The summed E-state index contributed by atoms with van der Waals surface area (Å²) >= 11 is 9.33. The highest BCUT2D eigenvalue weighted by atomic mass is 79.9. The van der Waals surface area contributed by atoms with Crippen molar-refractivity contribution in [2.75, 3.05) is 7.05 Å². The van der Waals surface area contributed by atoms with Gasteiger partial charge in [-0.05, 0) is 25.1 Å². The minimum Gasteiger partial charge on any atom is -0.357 e. The molecule has 1 unspecified atom stereocenters. The van der Waals surface area contributed by atoms with Crippen LogP contribution in [0.3, 0.4) is 0 Å². The van der Waals surface area contributed by atoms with Crippen molar-refractivity contribution in [1.82, 2.24) is 14.9 Å². The number of nitrogens with zero attached hydrogens (tertiary/aromatic N) is 2. The number of carbonyl (C=O) groups excluding carboxylic acids is 1. The fourth-order valence-corrected chi connectivity index (χ4v) is 2.51. The van der Waals surface area contributed by atoms with Crippen LogP contribution in [0.4, 0.5) is 0 Å². The number of aromatic nitrogens is 2. The fourth-order valence-electron chi connectivity index (χ4n) is 1.97. The normalized spacial score (nSPS) is 12.7. The molecule has 1 heterocycles. The first kappa shape index (κ1) is 13.4. The fraction of sp³-hybridized carbons (Fsp3) is 0.333. The van der Waals surface area contributed by atoms with Gasteiger partial charge in [-0.2, -0.15) is 0 Å². The van der Waals surface area contributed by atoms with Gasteiger partial charge in [-0.3, -0.25) is 4.79 Å². The number of amides is 1. The first-order valence-electron chi connectivity index (χ1n) is 5.52. The molecule has 2 aromatic rings. The largest absolute Gasteiger partial charge is 0.357 e. The van der Waals surface area contributed by atoms with Crippen molar-refractivity contribution in [2.45, 2.75) is 18.8 Å². The molecule has 0 saturated carbocycles. The zero-order chi connectivity index (χ0) is 13.3. The highest BCUT2D eigenvalue weighted by molar-refractivity contribution is 9.10. The Hall–Kier alpha value is -1.07. The Kier molecular flexibility index (Phi) is 3.92. The molecule has 1 amide bonds. The SMILES string of the molecule is CNC(=O)C(C)n1c(CCl)nc2ccc(Br)cc21. The molecule has 96 valence electrons. The second-order valence-electron chi connectivity index (χ2n) is 3.95. The van der Waals surface area contributed by atoms with E-state index in [1.54, 1.807) is 7.05 Å². The maximum absolute atomic E-state index is 11.8. The third-order valence-electron chi connectivity index (χ3n) is 2.86. The van der Waals surface area contributed by atoms with Gasteiger partial charge in [0.1, 0.15) is 11.9 Å². The predicted molar refractivity (Wildman–Crippen MR) is 75.8 cm³/mol. The Morgan fingerprint density at radius 3 is 2.94 bits per heavy atom. The van der Waals surface area contributed by atoms with E-state index in [-0.39, 0.29) is 17.8 Å². The summed E-state index contributed by atoms with van der Waals surface area (Å²) < 4.78 is 2.81. The summed E-state index contributed by atoms with van der Waals surface area (Å²) in [7, 11) is 1.62. The first-order valence-corrected chi connectivity index (χ1v) is 6.85. The highest BCUT2D eigenvalue weighted by Gasteiger charge is 2.20. The van der Waals surface area contributed by atoms with Crippen molar-refractivity contribution in [2.24, 2.45) is 0 Å². The van der Waals surface area contributed by atoms with Gasteiger partial charge in [-0.1, -0.05) is 15.9 Å². The van der Waals surface area contributed by atoms with Crippen LogP contribution in [0.25, 0.3) is 11.0 Å². The first-order chi connectivity index (χ1) is 8.58. The van der Waals surface area contributed by atoms with E-state index in [1.807, 2.05) is 29.7 Å². The smallest absolute Gasteiger partial charge is 0.242 e. The average Bonchev–Trinajstić information content (AvgIpc) is 2.74. The molecule has 0 bridgehead atoms. The van der Waals surface area contributed by atoms with Crippen molar-refractivity contribution in [3.63, 3.8) is 0 Å². The number of halogens is 2. The summed E-state index contributed by atoms with van der Waals surface area (Å²) in [5.41, 5.74) is 1.74. The van der Waals surface area contributed by atoms with E-state index in [9.17, 15) is 4.79 Å². The van der Waals surface area contributed by atoms with E-state index in [4.69, 9.17) is 11.6 Å². The Morgan fingerprint density at radius 2 is 2.33 bits per heavy atom. The summed E-state index contributed by atoms with van der Waals surface area (Å²) in [4.78, 5) is 16.2. The molecule has 1 atom stereocenters. The van der Waals surface area contributed by atoms with E-state index < -0.39 is 0 Å². The lowest BCUT2D eigenvalue weighted by Crippen LogP contribution is -2.28. The van der Waals surface area contributed by atoms with E-state index in [1.165, 1.54) is 0 Å². The molecule has 0 aliphatic rings. The molecule has 2 rings (SSSR count). The number of benzene rings is 1. The number of imidazole rings is 1. The molecule has 18 heavy (non-hydrogen) atoms. The monoisotopic (exact) mass is 329 g/mol. The molecule has 1 aromatic carbocycles. The molecule has 1 N–H and O–H groups in total. The van der Waals surface area contributed by atoms with Crippen LogP contribution in [-0.2, 0) is 10.7 Å². The number of carbonyl (C=O) groups is 1. The maximum Gasteiger partial charge on any atom is 0.242 e. The van der Waals surface area contributed by atoms with Crippen molar-refractivity contribution >= 4 is 44.5 Å². The quantitative estimate of drug-likeness (QED) is 0.880. The zero-order valence-electron chi connectivity index (χ0n) is 10.1. The lowest BCUT2D eigenvalue weighted by atomic mass is 10.2. The molecule has 1 aromatic heterocycles. The number of nitrogens with one attached hydrogen (secondary N) is 1. The van der Waals surface area contributed by atoms with Crippen LogP contribution in [0, 0.1) is 0 Å². The Balaban J connectivity index is 2.65. The van der Waals surface area contributed by atoms with Gasteiger partial charge in [0.2, 0.25) is 5.91 Å². The summed E-state index contributed by atoms with van der Waals surface area (Å²) in [6, 6.07) is 5.42. The van der Waals surface area contributed by atoms with Gasteiger partial charge in [0, 0.05) is 11.5 Å². The van der Waals surface area contributed by atoms with E-state index in [2.05, 4.69) is 26.2 Å². The molecule has 0 radical (unpaired) electrons. The van der Waals surface area contributed by atoms with Gasteiger partial charge in [-0.15, -0.1) is 11.6 Å². The summed E-state index contributed by atoms with van der Waals surface area (Å²) in [5.74, 6) is 0.898. The lowest BCUT2D eigenvalue weighted by Gasteiger charge is -2.15. The van der Waals surface area contributed by atoms with Crippen LogP contribution in [-0.4, -0.2) is 22.5 Å². The summed E-state index contributed by atoms with van der Waals surface area (Å²) in [6.45, 7) is 1.83. The van der Waals surface area contributed by atoms with E-state index in [0.717, 1.165) is 15.5 Å². The minimum atomic E-state index is -0.344. The van der Waals surface area contributed by atoms with Crippen LogP contribution in [0.15, 0.2) is 22.7 Å². The van der Waals surface area contributed by atoms with Crippen LogP contribution in [0.5, 0.6) is 0 Å². The van der Waals surface area contributed by atoms with Crippen LogP contribution >= 0.6 is 27.5 Å². The third kappa shape index (κ3) is 2.24. The average molecular weight is 331 g/mol. The van der Waals surface area contributed by atoms with Crippen molar-refractivity contribution in [3.8, 4) is 0 Å². The Labute approximate surface area is 118 Å². The molecule has 0 spiro atoms. The molecule has 0 aliphatic heterocycles. The van der Waals surface area contributed by atoms with E-state index >= 15 is 0 Å². The van der Waals surface area contributed by atoms with Gasteiger partial charge >= 0.3 is 0 Å². The second-order valence-corrected chi connectivity index (χ2v) is 5.14. The Morgan fingerprint density at radius 1 is 1.61 bits per heavy atom. The molecule has 0 aliphatic carbocycles. The minimum absolute atomic E-state index is 0.0688. The van der Waals surface area contributed by atoms with Crippen molar-refractivity contribution in [3.05, 3.63) is 28.5 Å². The summed E-state index contributed by atoms with van der Waals surface area (Å²) in [5, 5.41) is 2.64. The molecular formula is C12H13BrClN3O. The lowest BCUT2D eigenvalue weighted by molar-refractivity contribution is -0.123. The van der Waals surface area contributed by atoms with Crippen LogP contribution < -0.4 is 5.32 Å². The number of likely N-dealkylation sites (N-methyl/N-ethyl adjacent to an activating group) is 1. The molecule has 4 nitrogen and oxygen atoms in total. The molecule has 6 heteroatoms. The molecule has 0 saturated heterocycles. The second kappa shape index (κ2) is 5.28. The third-order valence-corrected chi connectivity index (χ3v) is 3.59. The number of hydrogen-bond acceptors (Lipinski definition) is 2. The Bertz CT molecular complexity index is 596. The van der Waals surface area contributed by atoms with Crippen LogP contribution in [0.1, 0.15) is 18.8 Å². The van der Waals surface area contributed by atoms with Crippen molar-refractivity contribution in [1.29, 1.82) is 0 Å². The number of rotatable bonds is 3. The highest BCUT2D eigenvalue weighted by Crippen LogP contribution is 2.25. The molecular weight excluding hydrogens is 318 g/mol. The van der Waals surface area contributed by atoms with E-state index in [0.29, 0.717) is 5.82 Å². The summed E-state index contributed by atoms with van der Waals surface area (Å²) in [6.07, 6.45) is 0. The maximum atomic E-state index is 11.8. The van der Waals surface area contributed by atoms with Crippen LogP contribution in [0.2, 0.25) is 0 Å². The van der Waals surface area contributed by atoms with Gasteiger partial charge < -0.3 is 9.88 Å². The van der Waals surface area contributed by atoms with Gasteiger partial charge in [-0.25, -0.2) is 4.98 Å². The van der Waals surface area contributed by atoms with Gasteiger partial charge in [0.15, 0.2) is 0 Å². The van der Waals surface area contributed by atoms with Gasteiger partial charge in [0.05, 0.1) is 16.9 Å². The predicted octanol–water partition coefficient (Wildman–Crippen LogP) is 2.84. The van der Waals surface area contributed by atoms with Crippen molar-refractivity contribution < 1.29 is 4.79 Å². The molecule has 0 fully saturated rings. The topological polar surface area (TPSA) is 46.9 Å². The number of hydrogen-bond donors (Lipinski definition) is 1.